The molecule has 0 aromatic rings. The third-order valence-electron chi connectivity index (χ3n) is 3.88. The quantitative estimate of drug-likeness (QED) is 0.423. The Hall–Kier alpha value is -1.96. The molecule has 0 saturated carbocycles. The third-order valence-corrected chi connectivity index (χ3v) is 3.88. The Morgan fingerprint density at radius 1 is 1.25 bits per heavy atom. The molecule has 8 heteroatoms. The number of amides is 1. The van der Waals surface area contributed by atoms with E-state index in [9.17, 15) is 19.2 Å². The van der Waals surface area contributed by atoms with Gasteiger partial charge in [0.15, 0.2) is 0 Å². The van der Waals surface area contributed by atoms with Crippen molar-refractivity contribution in [2.75, 3.05) is 19.8 Å². The fourth-order valence-electron chi connectivity index (χ4n) is 2.99. The highest BCUT2D eigenvalue weighted by Crippen LogP contribution is 2.32. The van der Waals surface area contributed by atoms with Crippen LogP contribution in [0.4, 0.5) is 4.79 Å². The number of carbonyl (C=O) groups excluding carboxylic acids is 4. The van der Waals surface area contributed by atoms with Crippen LogP contribution < -0.4 is 0 Å². The standard InChI is InChI=1S/C16H23NO7/c1-5-23-14(20)13(19)12-10-8-22-7-9(6-11(12)18)17(10)15(21)24-16(2,3)4/h9-10,12H,5-8H2,1-4H3/t9-,10-,12-/m1/s1. The number of nitrogens with zero attached hydrogens (tertiary/aromatic N) is 1. The van der Waals surface area contributed by atoms with E-state index in [0.717, 1.165) is 0 Å². The Bertz CT molecular complexity index is 551. The number of ether oxygens (including phenoxy) is 3. The van der Waals surface area contributed by atoms with Crippen LogP contribution in [0.3, 0.4) is 0 Å². The summed E-state index contributed by atoms with van der Waals surface area (Å²) in [5.41, 5.74) is -0.714. The number of ketones is 2. The number of hydrogen-bond acceptors (Lipinski definition) is 7. The van der Waals surface area contributed by atoms with Crippen molar-refractivity contribution < 1.29 is 33.4 Å². The Labute approximate surface area is 140 Å². The summed E-state index contributed by atoms with van der Waals surface area (Å²) >= 11 is 0. The van der Waals surface area contributed by atoms with Gasteiger partial charge in [-0.25, -0.2) is 9.59 Å². The van der Waals surface area contributed by atoms with Gasteiger partial charge in [0.05, 0.1) is 31.9 Å². The second-order valence-electron chi connectivity index (χ2n) is 6.88. The summed E-state index contributed by atoms with van der Waals surface area (Å²) in [5, 5.41) is 0. The first-order chi connectivity index (χ1) is 11.2. The topological polar surface area (TPSA) is 99.2 Å². The van der Waals surface area contributed by atoms with Crippen molar-refractivity contribution in [1.82, 2.24) is 4.90 Å². The van der Waals surface area contributed by atoms with Crippen molar-refractivity contribution >= 4 is 23.6 Å². The van der Waals surface area contributed by atoms with Gasteiger partial charge >= 0.3 is 12.1 Å². The summed E-state index contributed by atoms with van der Waals surface area (Å²) in [4.78, 5) is 50.3. The molecule has 2 rings (SSSR count). The molecule has 134 valence electrons. The zero-order valence-corrected chi connectivity index (χ0v) is 14.4. The molecule has 2 saturated heterocycles. The molecule has 0 aliphatic carbocycles. The molecule has 24 heavy (non-hydrogen) atoms. The fraction of sp³-hybridized carbons (Fsp3) is 0.750. The molecule has 1 amide bonds. The van der Waals surface area contributed by atoms with Gasteiger partial charge in [0, 0.05) is 6.42 Å². The first kappa shape index (κ1) is 18.4. The molecule has 0 aromatic carbocycles. The SMILES string of the molecule is CCOC(=O)C(=O)[C@H]1C(=O)C[C@@H]2COC[C@H]1N2C(=O)OC(C)(C)C. The van der Waals surface area contributed by atoms with E-state index in [2.05, 4.69) is 0 Å². The van der Waals surface area contributed by atoms with Crippen LogP contribution in [0.5, 0.6) is 0 Å². The van der Waals surface area contributed by atoms with Crippen molar-refractivity contribution in [1.29, 1.82) is 0 Å². The van der Waals surface area contributed by atoms with E-state index in [-0.39, 0.29) is 32.0 Å². The van der Waals surface area contributed by atoms with Crippen molar-refractivity contribution in [2.24, 2.45) is 5.92 Å². The average Bonchev–Trinajstić information content (AvgIpc) is 2.44. The number of piperidine rings is 1. The molecule has 2 aliphatic heterocycles. The van der Waals surface area contributed by atoms with Crippen LogP contribution in [0.2, 0.25) is 0 Å². The van der Waals surface area contributed by atoms with Gasteiger partial charge in [-0.2, -0.15) is 0 Å². The molecule has 2 fully saturated rings. The van der Waals surface area contributed by atoms with Gasteiger partial charge in [0.1, 0.15) is 17.3 Å². The molecule has 2 bridgehead atoms. The predicted molar refractivity (Wildman–Crippen MR) is 81.2 cm³/mol. The van der Waals surface area contributed by atoms with Crippen LogP contribution in [0.25, 0.3) is 0 Å². The lowest BCUT2D eigenvalue weighted by Crippen LogP contribution is -2.65. The number of Topliss-reactive ketones (excluding diaryl/α,β-unsaturated/α-hetero) is 2. The summed E-state index contributed by atoms with van der Waals surface area (Å²) in [5.74, 6) is -3.65. The van der Waals surface area contributed by atoms with Gasteiger partial charge < -0.3 is 14.2 Å². The van der Waals surface area contributed by atoms with Crippen LogP contribution in [-0.4, -0.2) is 66.0 Å². The lowest BCUT2D eigenvalue weighted by atomic mass is 9.81. The van der Waals surface area contributed by atoms with Crippen LogP contribution in [0, 0.1) is 5.92 Å². The van der Waals surface area contributed by atoms with E-state index in [0.29, 0.717) is 0 Å². The lowest BCUT2D eigenvalue weighted by molar-refractivity contribution is -0.164. The van der Waals surface area contributed by atoms with Crippen LogP contribution in [0.15, 0.2) is 0 Å². The molecular formula is C16H23NO7. The molecule has 2 aliphatic rings. The zero-order valence-electron chi connectivity index (χ0n) is 14.4. The number of morpholine rings is 1. The normalized spacial score (nSPS) is 26.8. The summed E-state index contributed by atoms with van der Waals surface area (Å²) in [6, 6.07) is -1.34. The highest BCUT2D eigenvalue weighted by molar-refractivity contribution is 6.38. The van der Waals surface area contributed by atoms with E-state index in [1.54, 1.807) is 27.7 Å². The molecule has 0 unspecified atom stereocenters. The molecule has 0 spiro atoms. The summed E-state index contributed by atoms with van der Waals surface area (Å²) < 4.78 is 15.5. The van der Waals surface area contributed by atoms with Crippen LogP contribution in [0.1, 0.15) is 34.1 Å². The number of rotatable bonds is 3. The smallest absolute Gasteiger partial charge is 0.410 e. The van der Waals surface area contributed by atoms with Crippen molar-refractivity contribution in [3.8, 4) is 0 Å². The Morgan fingerprint density at radius 3 is 2.50 bits per heavy atom. The van der Waals surface area contributed by atoms with E-state index in [1.165, 1.54) is 4.90 Å². The first-order valence-corrected chi connectivity index (χ1v) is 7.98. The Morgan fingerprint density at radius 2 is 1.92 bits per heavy atom. The van der Waals surface area contributed by atoms with E-state index >= 15 is 0 Å². The van der Waals surface area contributed by atoms with E-state index < -0.39 is 41.4 Å². The zero-order chi connectivity index (χ0) is 18.1. The fourth-order valence-corrected chi connectivity index (χ4v) is 2.99. The van der Waals surface area contributed by atoms with Crippen LogP contribution >= 0.6 is 0 Å². The van der Waals surface area contributed by atoms with Gasteiger partial charge in [-0.15, -0.1) is 0 Å². The minimum atomic E-state index is -1.27. The number of hydrogen-bond donors (Lipinski definition) is 0. The predicted octanol–water partition coefficient (Wildman–Crippen LogP) is 0.712. The summed E-state index contributed by atoms with van der Waals surface area (Å²) in [6.07, 6.45) is -0.666. The first-order valence-electron chi connectivity index (χ1n) is 7.98. The molecule has 0 radical (unpaired) electrons. The Kier molecular flexibility index (Phi) is 5.27. The monoisotopic (exact) mass is 341 g/mol. The lowest BCUT2D eigenvalue weighted by Gasteiger charge is -2.47. The largest absolute Gasteiger partial charge is 0.460 e. The third kappa shape index (κ3) is 3.75. The molecule has 8 nitrogen and oxygen atoms in total. The second-order valence-corrected chi connectivity index (χ2v) is 6.88. The van der Waals surface area contributed by atoms with Gasteiger partial charge in [0.25, 0.3) is 5.78 Å². The molecule has 0 aromatic heterocycles. The number of esters is 1. The van der Waals surface area contributed by atoms with E-state index in [1.807, 2.05) is 0 Å². The number of fused-ring (bicyclic) bond motifs is 2. The second kappa shape index (κ2) is 6.88. The van der Waals surface area contributed by atoms with Gasteiger partial charge in [-0.05, 0) is 27.7 Å². The van der Waals surface area contributed by atoms with E-state index in [4.69, 9.17) is 14.2 Å². The minimum Gasteiger partial charge on any atom is -0.460 e. The highest BCUT2D eigenvalue weighted by atomic mass is 16.6. The van der Waals surface area contributed by atoms with Gasteiger partial charge in [-0.3, -0.25) is 14.5 Å². The molecule has 0 N–H and O–H groups in total. The maximum absolute atomic E-state index is 12.5. The maximum atomic E-state index is 12.5. The van der Waals surface area contributed by atoms with Gasteiger partial charge in [0.2, 0.25) is 0 Å². The number of carbonyl (C=O) groups is 4. The molecule has 3 atom stereocenters. The van der Waals surface area contributed by atoms with Crippen molar-refractivity contribution in [3.05, 3.63) is 0 Å². The van der Waals surface area contributed by atoms with Crippen molar-refractivity contribution in [2.45, 2.75) is 51.8 Å². The molecule has 2 heterocycles. The van der Waals surface area contributed by atoms with Gasteiger partial charge in [-0.1, -0.05) is 0 Å². The molecular weight excluding hydrogens is 318 g/mol. The maximum Gasteiger partial charge on any atom is 0.410 e. The minimum absolute atomic E-state index is 0.00268. The average molecular weight is 341 g/mol. The van der Waals surface area contributed by atoms with Crippen molar-refractivity contribution in [3.63, 3.8) is 0 Å². The summed E-state index contributed by atoms with van der Waals surface area (Å²) in [7, 11) is 0. The Balaban J connectivity index is 2.27. The summed E-state index contributed by atoms with van der Waals surface area (Å²) in [6.45, 7) is 6.99. The highest BCUT2D eigenvalue weighted by Gasteiger charge is 2.52. The van der Waals surface area contributed by atoms with Crippen LogP contribution in [-0.2, 0) is 28.6 Å².